The molecule has 12 aromatic heterocycles. The van der Waals surface area contributed by atoms with Gasteiger partial charge in [0.2, 0.25) is 0 Å². The Morgan fingerprint density at radius 3 is 0.828 bits per heavy atom. The molecule has 1 radical (unpaired) electrons. The maximum Gasteiger partial charge on any atom is 3.00 e. The Kier molecular flexibility index (Phi) is 37.5. The minimum Gasteiger partial charge on any atom is -0.345 e. The van der Waals surface area contributed by atoms with Gasteiger partial charge in [-0.05, 0) is 149 Å². The molecule has 21 aromatic rings. The van der Waals surface area contributed by atoms with E-state index in [1.165, 1.54) is 0 Å². The predicted octanol–water partition coefficient (Wildman–Crippen LogP) is 27.1. The third kappa shape index (κ3) is 27.2. The molecule has 17 heteroatoms. The maximum atomic E-state index is 4.96. The van der Waals surface area contributed by atoms with Crippen LogP contribution < -0.4 is 4.90 Å². The van der Waals surface area contributed by atoms with Crippen LogP contribution in [-0.2, 0) is 88.1 Å². The van der Waals surface area contributed by atoms with Gasteiger partial charge in [0.25, 0.3) is 0 Å². The number of hydrogen-bond donors (Lipinski definition) is 0. The molecule has 0 aliphatic heterocycles. The summed E-state index contributed by atoms with van der Waals surface area (Å²) >= 11 is 0. The minimum absolute atomic E-state index is 0. The van der Waals surface area contributed by atoms with Crippen LogP contribution in [0, 0.1) is 48.5 Å². The van der Waals surface area contributed by atoms with E-state index >= 15 is 0 Å². The second kappa shape index (κ2) is 51.2. The van der Waals surface area contributed by atoms with Crippen LogP contribution in [0.3, 0.4) is 0 Å². The molecule has 21 rings (SSSR count). The number of anilines is 3. The quantitative estimate of drug-likeness (QED) is 0.0794. The molecule has 0 aliphatic carbocycles. The van der Waals surface area contributed by atoms with Crippen molar-refractivity contribution in [2.75, 3.05) is 4.90 Å². The van der Waals surface area contributed by atoms with Gasteiger partial charge in [-0.1, -0.05) is 171 Å². The van der Waals surface area contributed by atoms with E-state index in [1.807, 2.05) is 394 Å². The molecule has 0 aliphatic rings. The average molecular weight is 2440 g/mol. The summed E-state index contributed by atoms with van der Waals surface area (Å²) in [7, 11) is 0. The van der Waals surface area contributed by atoms with E-state index < -0.39 is 0 Å². The smallest absolute Gasteiger partial charge is 0.345 e. The summed E-state index contributed by atoms with van der Waals surface area (Å²) in [4.78, 5) is 56.4. The first kappa shape index (κ1) is 98.3. The van der Waals surface area contributed by atoms with Crippen LogP contribution in [0.25, 0.3) is 135 Å². The van der Waals surface area contributed by atoms with E-state index in [1.54, 1.807) is 37.2 Å². The van der Waals surface area contributed by atoms with Crippen molar-refractivity contribution < 1.29 is 82.7 Å². The van der Waals surface area contributed by atoms with Crippen molar-refractivity contribution >= 4 is 17.2 Å². The van der Waals surface area contributed by atoms with Crippen molar-refractivity contribution in [3.05, 3.63) is 528 Å². The molecule has 653 valence electrons. The van der Waals surface area contributed by atoms with E-state index in [-0.39, 0.29) is 88.1 Å². The largest absolute Gasteiger partial charge is 3.00 e. The molecule has 13 nitrogen and oxygen atoms in total. The molecule has 0 saturated heterocycles. The van der Waals surface area contributed by atoms with Crippen LogP contribution in [0.1, 0.15) is 25.1 Å². The Hall–Kier alpha value is -14.7. The van der Waals surface area contributed by atoms with Crippen LogP contribution in [0.4, 0.5) is 17.2 Å². The van der Waals surface area contributed by atoms with Crippen molar-refractivity contribution in [3.8, 4) is 135 Å². The number of nitrogens with zero attached hydrogens (tertiary/aromatic N) is 13. The monoisotopic (exact) mass is 2440 g/mol. The Labute approximate surface area is 839 Å². The van der Waals surface area contributed by atoms with Crippen molar-refractivity contribution in [3.63, 3.8) is 0 Å². The van der Waals surface area contributed by atoms with Gasteiger partial charge in [-0.25, -0.2) is 4.98 Å². The summed E-state index contributed by atoms with van der Waals surface area (Å²) in [6.45, 7) is 4.36. The predicted molar refractivity (Wildman–Crippen MR) is 521 cm³/mol. The fraction of sp³-hybridized carbons (Fsp3) is 0.0256. The van der Waals surface area contributed by atoms with Gasteiger partial charge in [-0.3, -0.25) is 34.9 Å². The number of benzene rings is 9. The fourth-order valence-corrected chi connectivity index (χ4v) is 13.8. The van der Waals surface area contributed by atoms with E-state index in [4.69, 9.17) is 9.97 Å². The number of rotatable bonds is 17. The Morgan fingerprint density at radius 2 is 0.470 bits per heavy atom. The Balaban J connectivity index is 0.000000146. The van der Waals surface area contributed by atoms with Crippen molar-refractivity contribution in [2.45, 2.75) is 19.3 Å². The molecule has 0 bridgehead atoms. The number of aromatic nitrogens is 12. The molecule has 9 aromatic carbocycles. The summed E-state index contributed by atoms with van der Waals surface area (Å²) in [5.41, 5.74) is 26.1. The normalized spacial score (nSPS) is 10.2. The van der Waals surface area contributed by atoms with Crippen LogP contribution in [0.2, 0.25) is 0 Å². The van der Waals surface area contributed by atoms with Crippen molar-refractivity contribution in [2.24, 2.45) is 0 Å². The number of hydrogen-bond acceptors (Lipinski definition) is 13. The van der Waals surface area contributed by atoms with Gasteiger partial charge >= 0.3 is 62.2 Å². The number of pyridine rings is 12. The maximum absolute atomic E-state index is 4.96. The molecule has 12 heterocycles. The number of para-hydroxylation sites is 1. The van der Waals surface area contributed by atoms with E-state index in [0.717, 1.165) is 164 Å². The zero-order valence-corrected chi connectivity index (χ0v) is 82.3. The second-order valence-corrected chi connectivity index (χ2v) is 29.6. The zero-order valence-electron chi connectivity index (χ0n) is 72.6. The molecule has 0 amide bonds. The topological polar surface area (TPSA) is 158 Å². The van der Waals surface area contributed by atoms with Gasteiger partial charge in [-0.2, -0.15) is 0 Å². The molecule has 0 saturated carbocycles. The first-order chi connectivity index (χ1) is 64.3. The van der Waals surface area contributed by atoms with Gasteiger partial charge in [0.05, 0.1) is 34.2 Å². The van der Waals surface area contributed by atoms with E-state index in [2.05, 4.69) is 154 Å². The minimum atomic E-state index is -0.282. The zero-order chi connectivity index (χ0) is 88.4. The molecular formula is C117H83IrN13Pt2Re-. The van der Waals surface area contributed by atoms with Crippen molar-refractivity contribution in [1.29, 1.82) is 0 Å². The first-order valence-corrected chi connectivity index (χ1v) is 42.3. The van der Waals surface area contributed by atoms with E-state index in [0.29, 0.717) is 0 Å². The van der Waals surface area contributed by atoms with Gasteiger partial charge < -0.3 is 24.8 Å². The summed E-state index contributed by atoms with van der Waals surface area (Å²) in [6, 6.07) is 165. The van der Waals surface area contributed by atoms with Crippen LogP contribution in [0.5, 0.6) is 0 Å². The van der Waals surface area contributed by atoms with Crippen LogP contribution in [0.15, 0.2) is 468 Å². The Bertz CT molecular complexity index is 6180. The van der Waals surface area contributed by atoms with Gasteiger partial charge in [0, 0.05) is 92.0 Å². The molecule has 134 heavy (non-hydrogen) atoms. The summed E-state index contributed by atoms with van der Waals surface area (Å²) in [5.74, 6) is 0.815. The van der Waals surface area contributed by atoms with E-state index in [9.17, 15) is 0 Å². The summed E-state index contributed by atoms with van der Waals surface area (Å²) < 4.78 is 0. The first-order valence-electron chi connectivity index (χ1n) is 42.3. The van der Waals surface area contributed by atoms with Gasteiger partial charge in [0.15, 0.2) is 0 Å². The average Bonchev–Trinajstić information content (AvgIpc) is 0.802. The Morgan fingerprint density at radius 1 is 0.209 bits per heavy atom. The standard InChI is InChI=1S/C28H19N3.C25H20N2.C17H11N.2C16H11N2.C15H11N3.Ir.2Pt.Re/c1-3-11-22(12-4-1)27-18-10-19-28(30-27)31(24-14-5-2-6-15-24)25-16-9-13-23(21-25)26-17-7-8-20-29-26;1-25(2,21-13-8-12-20(18-21)22-14-6-7-17-26-22)24-16-9-15-23(27-24)19-10-4-3-5-11-19;1-3-8-14(9-4-1)16-12-7-13-17(18-16)15-10-5-2-6-11-15;1-3-10-17-15(8-1)13-6-5-7-14(12-13)16-9-2-4-11-18-16;1-2-7-13(8-3-1)14-10-6-11-16(18-14)15-9-4-5-12-17-15;1-3-10-16-12(6-1)14-8-5-9-15(18-14)13-7-2-4-11-17-13;;;;/h1-11,13-20H;3-10,12-17H,1-2H3;1-8,10,12-13H;1-11H;1-7,9-12H;1-11H;;;;/q3*-2;2*-1;;+3;2*+2;. The molecule has 0 N–H and O–H groups in total. The molecular weight excluding hydrogens is 2360 g/mol. The third-order valence-corrected chi connectivity index (χ3v) is 20.4. The molecule has 0 unspecified atom stereocenters. The molecule has 0 atom stereocenters. The summed E-state index contributed by atoms with van der Waals surface area (Å²) in [6.07, 6.45) is 12.5. The summed E-state index contributed by atoms with van der Waals surface area (Å²) in [5, 5.41) is 0. The SMILES string of the molecule is CC(C)(c1[c-]c(-c2ccccn2)ccc1)c1cccc(-c2[c-]cccc2)n1.[Ir+3].[Pt+2].[Pt+2].[Re].[c-]1c(-c2ccccn2)cccc1-c1ccccn1.[c-]1ccccc1-c1cccc(-c2[c-]cccc2)n1.[c-]1ccccc1-c1cccc(-c2ccccn2)n1.[c-]1ccccc1-c1cccc(N(c2[c-]c(-c3ccccn3)ccc2)c2ccccc2)n1.c1ccc(-c2cccc(-c3ccccn3)n2)nc1. The third-order valence-electron chi connectivity index (χ3n) is 20.4. The second-order valence-electron chi connectivity index (χ2n) is 29.6. The van der Waals surface area contributed by atoms with Crippen molar-refractivity contribution in [1.82, 2.24) is 59.8 Å². The fourth-order valence-electron chi connectivity index (χ4n) is 13.8. The molecule has 0 fully saturated rings. The van der Waals surface area contributed by atoms with Crippen LogP contribution in [-0.4, -0.2) is 59.8 Å². The van der Waals surface area contributed by atoms with Gasteiger partial charge in [-0.15, -0.1) is 269 Å². The van der Waals surface area contributed by atoms with Crippen LogP contribution >= 0.6 is 0 Å². The van der Waals surface area contributed by atoms with Gasteiger partial charge in [0.1, 0.15) is 5.82 Å². The molecule has 0 spiro atoms.